The summed E-state index contributed by atoms with van der Waals surface area (Å²) in [4.78, 5) is 4.61. The third-order valence-electron chi connectivity index (χ3n) is 4.03. The van der Waals surface area contributed by atoms with Crippen molar-refractivity contribution < 1.29 is 19.3 Å². The lowest BCUT2D eigenvalue weighted by Crippen LogP contribution is -2.39. The van der Waals surface area contributed by atoms with E-state index in [1.165, 1.54) is 5.56 Å². The summed E-state index contributed by atoms with van der Waals surface area (Å²) >= 11 is 0. The lowest BCUT2D eigenvalue weighted by Gasteiger charge is -2.13. The number of methoxy groups -OCH3 is 1. The molecule has 7 nitrogen and oxygen atoms in total. The Labute approximate surface area is 195 Å². The molecule has 0 aliphatic rings. The summed E-state index contributed by atoms with van der Waals surface area (Å²) in [5, 5.41) is 15.4. The van der Waals surface area contributed by atoms with Crippen molar-refractivity contribution in [3.63, 3.8) is 0 Å². The van der Waals surface area contributed by atoms with Crippen LogP contribution in [0.25, 0.3) is 0 Å². The average molecular weight is 529 g/mol. The van der Waals surface area contributed by atoms with Gasteiger partial charge in [0.25, 0.3) is 0 Å². The molecule has 0 spiro atoms. The number of hydrogen-bond acceptors (Lipinski definition) is 5. The number of aliphatic hydroxyl groups excluding tert-OH is 1. The van der Waals surface area contributed by atoms with Crippen LogP contribution in [0.2, 0.25) is 0 Å². The number of nitrogens with zero attached hydrogens (tertiary/aromatic N) is 1. The molecule has 2 rings (SSSR count). The summed E-state index contributed by atoms with van der Waals surface area (Å²) in [5.74, 6) is 2.80. The predicted molar refractivity (Wildman–Crippen MR) is 130 cm³/mol. The van der Waals surface area contributed by atoms with Crippen molar-refractivity contribution in [3.05, 3.63) is 53.6 Å². The highest BCUT2D eigenvalue weighted by Gasteiger charge is 2.06. The van der Waals surface area contributed by atoms with Crippen molar-refractivity contribution in [2.24, 2.45) is 4.99 Å². The highest BCUT2D eigenvalue weighted by Crippen LogP contribution is 2.28. The minimum absolute atomic E-state index is 0. The maximum atomic E-state index is 8.90. The van der Waals surface area contributed by atoms with Gasteiger partial charge in [-0.1, -0.05) is 23.8 Å². The van der Waals surface area contributed by atoms with Gasteiger partial charge in [0.05, 0.1) is 26.8 Å². The van der Waals surface area contributed by atoms with E-state index in [0.717, 1.165) is 23.8 Å². The molecule has 0 amide bonds. The molecule has 3 N–H and O–H groups in total. The summed E-state index contributed by atoms with van der Waals surface area (Å²) < 4.78 is 16.6. The van der Waals surface area contributed by atoms with Gasteiger partial charge >= 0.3 is 0 Å². The number of nitrogens with one attached hydrogen (secondary N) is 2. The van der Waals surface area contributed by atoms with Crippen molar-refractivity contribution in [1.29, 1.82) is 0 Å². The van der Waals surface area contributed by atoms with Gasteiger partial charge in [-0.25, -0.2) is 4.99 Å². The maximum Gasteiger partial charge on any atom is 0.191 e. The second-order valence-corrected chi connectivity index (χ2v) is 6.34. The molecule has 0 aromatic heterocycles. The lowest BCUT2D eigenvalue weighted by molar-refractivity contribution is 0.196. The molecule has 0 saturated carbocycles. The molecule has 8 heteroatoms. The van der Waals surface area contributed by atoms with Crippen LogP contribution in [0.4, 0.5) is 0 Å². The number of aryl methyl sites for hydroxylation is 1. The number of halogens is 1. The summed E-state index contributed by atoms with van der Waals surface area (Å²) in [6, 6.07) is 13.6. The first kappa shape index (κ1) is 25.8. The Morgan fingerprint density at radius 1 is 1.00 bits per heavy atom. The molecule has 0 heterocycles. The van der Waals surface area contributed by atoms with Gasteiger partial charge in [-0.05, 0) is 43.7 Å². The quantitative estimate of drug-likeness (QED) is 0.180. The Hall–Kier alpha value is -2.20. The van der Waals surface area contributed by atoms with Gasteiger partial charge in [0.15, 0.2) is 17.5 Å². The van der Waals surface area contributed by atoms with E-state index in [9.17, 15) is 0 Å². The first-order chi connectivity index (χ1) is 14.2. The van der Waals surface area contributed by atoms with Crippen LogP contribution in [0.3, 0.4) is 0 Å². The van der Waals surface area contributed by atoms with E-state index in [-0.39, 0.29) is 37.2 Å². The van der Waals surface area contributed by atoms with Crippen molar-refractivity contribution >= 4 is 29.9 Å². The molecule has 166 valence electrons. The van der Waals surface area contributed by atoms with E-state index in [1.807, 2.05) is 49.4 Å². The van der Waals surface area contributed by atoms with E-state index in [1.54, 1.807) is 7.11 Å². The Morgan fingerprint density at radius 3 is 2.43 bits per heavy atom. The minimum Gasteiger partial charge on any atom is -0.493 e. The Balaban J connectivity index is 0.00000450. The van der Waals surface area contributed by atoms with E-state index >= 15 is 0 Å². The number of rotatable bonds is 11. The lowest BCUT2D eigenvalue weighted by atomic mass is 10.2. The summed E-state index contributed by atoms with van der Waals surface area (Å²) in [6.07, 6.45) is 0. The van der Waals surface area contributed by atoms with Gasteiger partial charge < -0.3 is 30.0 Å². The molecule has 0 saturated heterocycles. The van der Waals surface area contributed by atoms with Crippen molar-refractivity contribution in [3.8, 4) is 17.2 Å². The van der Waals surface area contributed by atoms with E-state index < -0.39 is 0 Å². The van der Waals surface area contributed by atoms with Crippen LogP contribution in [-0.2, 0) is 6.54 Å². The Morgan fingerprint density at radius 2 is 1.77 bits per heavy atom. The van der Waals surface area contributed by atoms with Crippen LogP contribution < -0.4 is 24.8 Å². The van der Waals surface area contributed by atoms with Crippen LogP contribution in [0.5, 0.6) is 17.2 Å². The highest BCUT2D eigenvalue weighted by molar-refractivity contribution is 14.0. The molecule has 2 aromatic carbocycles. The Bertz CT molecular complexity index is 769. The zero-order valence-corrected chi connectivity index (χ0v) is 20.1. The molecular formula is C22H32IN3O4. The molecule has 30 heavy (non-hydrogen) atoms. The van der Waals surface area contributed by atoms with E-state index in [2.05, 4.69) is 22.5 Å². The molecule has 0 aliphatic heterocycles. The van der Waals surface area contributed by atoms with Crippen molar-refractivity contribution in [2.45, 2.75) is 20.4 Å². The number of guanidine groups is 1. The number of hydrogen-bond donors (Lipinski definition) is 3. The number of ether oxygens (including phenoxy) is 3. The summed E-state index contributed by atoms with van der Waals surface area (Å²) in [7, 11) is 1.59. The molecule has 0 fully saturated rings. The number of aliphatic imine (C=N–C) groups is 1. The van der Waals surface area contributed by atoms with Gasteiger partial charge in [0.2, 0.25) is 0 Å². The second kappa shape index (κ2) is 14.7. The topological polar surface area (TPSA) is 84.3 Å². The van der Waals surface area contributed by atoms with Crippen molar-refractivity contribution in [1.82, 2.24) is 10.6 Å². The molecule has 2 aromatic rings. The van der Waals surface area contributed by atoms with E-state index in [0.29, 0.717) is 31.2 Å². The fourth-order valence-corrected chi connectivity index (χ4v) is 2.57. The first-order valence-electron chi connectivity index (χ1n) is 9.78. The normalized spacial score (nSPS) is 10.7. The van der Waals surface area contributed by atoms with Gasteiger partial charge in [-0.3, -0.25) is 0 Å². The predicted octanol–water partition coefficient (Wildman–Crippen LogP) is 3.13. The fourth-order valence-electron chi connectivity index (χ4n) is 2.57. The largest absolute Gasteiger partial charge is 0.493 e. The molecule has 0 unspecified atom stereocenters. The van der Waals surface area contributed by atoms with Crippen LogP contribution in [0.15, 0.2) is 47.5 Å². The number of aliphatic hydroxyl groups is 1. The molecule has 0 radical (unpaired) electrons. The molecule has 0 bridgehead atoms. The zero-order valence-electron chi connectivity index (χ0n) is 17.8. The van der Waals surface area contributed by atoms with Gasteiger partial charge in [0.1, 0.15) is 19.0 Å². The zero-order chi connectivity index (χ0) is 20.9. The second-order valence-electron chi connectivity index (χ2n) is 6.34. The molecular weight excluding hydrogens is 497 g/mol. The molecule has 0 atom stereocenters. The molecule has 0 aliphatic carbocycles. The fraction of sp³-hybridized carbons (Fsp3) is 0.409. The number of benzene rings is 2. The summed E-state index contributed by atoms with van der Waals surface area (Å²) in [5.41, 5.74) is 2.20. The van der Waals surface area contributed by atoms with Crippen LogP contribution in [0.1, 0.15) is 18.1 Å². The van der Waals surface area contributed by atoms with Gasteiger partial charge in [-0.2, -0.15) is 0 Å². The van der Waals surface area contributed by atoms with Crippen molar-refractivity contribution in [2.75, 3.05) is 40.0 Å². The third-order valence-corrected chi connectivity index (χ3v) is 4.03. The van der Waals surface area contributed by atoms with Crippen LogP contribution in [0, 0.1) is 6.92 Å². The van der Waals surface area contributed by atoms with Gasteiger partial charge in [-0.15, -0.1) is 24.0 Å². The van der Waals surface area contributed by atoms with Crippen LogP contribution >= 0.6 is 24.0 Å². The van der Waals surface area contributed by atoms with E-state index in [4.69, 9.17) is 19.3 Å². The van der Waals surface area contributed by atoms with Crippen LogP contribution in [-0.4, -0.2) is 51.1 Å². The monoisotopic (exact) mass is 529 g/mol. The smallest absolute Gasteiger partial charge is 0.191 e. The third kappa shape index (κ3) is 9.08. The standard InChI is InChI=1S/C22H31N3O4.HI/c1-4-23-22(24-11-13-28-19-8-5-17(2)6-9-19)25-16-18-7-10-20(29-14-12-26)21(15-18)27-3;/h5-10,15,26H,4,11-14,16H2,1-3H3,(H2,23,24,25);1H. The SMILES string of the molecule is CCNC(=NCc1ccc(OCCO)c(OC)c1)NCCOc1ccc(C)cc1.I. The minimum atomic E-state index is -0.0411. The average Bonchev–Trinajstić information content (AvgIpc) is 2.74. The summed E-state index contributed by atoms with van der Waals surface area (Å²) in [6.45, 7) is 6.70. The Kier molecular flexibility index (Phi) is 12.7. The highest BCUT2D eigenvalue weighted by atomic mass is 127. The first-order valence-corrected chi connectivity index (χ1v) is 9.78. The van der Waals surface area contributed by atoms with Gasteiger partial charge in [0, 0.05) is 6.54 Å². The maximum absolute atomic E-state index is 8.90.